The number of halogens is 2. The van der Waals surface area contributed by atoms with E-state index < -0.39 is 0 Å². The van der Waals surface area contributed by atoms with E-state index in [2.05, 4.69) is 21.2 Å². The first kappa shape index (κ1) is 15.9. The average molecular weight is 395 g/mol. The summed E-state index contributed by atoms with van der Waals surface area (Å²) in [6.07, 6.45) is 1.79. The molecule has 1 N–H and O–H groups in total. The third kappa shape index (κ3) is 3.51. The molecule has 0 unspecified atom stereocenters. The SMILES string of the molecule is COc1ccc2c(CC(=O)Nc3ccc(Br)cc3Cl)coc2c1. The zero-order valence-electron chi connectivity index (χ0n) is 12.2. The largest absolute Gasteiger partial charge is 0.497 e. The van der Waals surface area contributed by atoms with E-state index in [1.165, 1.54) is 0 Å². The van der Waals surface area contributed by atoms with Gasteiger partial charge in [0.15, 0.2) is 0 Å². The molecule has 118 valence electrons. The number of ether oxygens (including phenoxy) is 1. The highest BCUT2D eigenvalue weighted by Gasteiger charge is 2.12. The smallest absolute Gasteiger partial charge is 0.228 e. The summed E-state index contributed by atoms with van der Waals surface area (Å²) >= 11 is 9.44. The second kappa shape index (κ2) is 6.64. The molecule has 0 saturated carbocycles. The van der Waals surface area contributed by atoms with Gasteiger partial charge in [0.25, 0.3) is 0 Å². The molecule has 3 rings (SSSR count). The molecule has 2 aromatic carbocycles. The van der Waals surface area contributed by atoms with Gasteiger partial charge in [0.2, 0.25) is 5.91 Å². The lowest BCUT2D eigenvalue weighted by Crippen LogP contribution is -2.14. The zero-order chi connectivity index (χ0) is 16.4. The van der Waals surface area contributed by atoms with E-state index in [1.807, 2.05) is 18.2 Å². The molecule has 0 aliphatic carbocycles. The van der Waals surface area contributed by atoms with Gasteiger partial charge in [0.05, 0.1) is 30.5 Å². The molecule has 0 spiro atoms. The number of amides is 1. The Morgan fingerprint density at radius 1 is 1.30 bits per heavy atom. The summed E-state index contributed by atoms with van der Waals surface area (Å²) in [5.74, 6) is 0.553. The van der Waals surface area contributed by atoms with Crippen LogP contribution in [0.25, 0.3) is 11.0 Å². The minimum atomic E-state index is -0.159. The third-order valence-corrected chi connectivity index (χ3v) is 4.23. The lowest BCUT2D eigenvalue weighted by molar-refractivity contribution is -0.115. The first-order valence-electron chi connectivity index (χ1n) is 6.86. The molecule has 3 aromatic rings. The first-order valence-corrected chi connectivity index (χ1v) is 8.03. The Morgan fingerprint density at radius 3 is 2.87 bits per heavy atom. The fourth-order valence-electron chi connectivity index (χ4n) is 2.29. The summed E-state index contributed by atoms with van der Waals surface area (Å²) in [4.78, 5) is 12.2. The molecule has 0 bridgehead atoms. The van der Waals surface area contributed by atoms with Crippen molar-refractivity contribution in [1.82, 2.24) is 0 Å². The van der Waals surface area contributed by atoms with E-state index in [0.717, 1.165) is 15.4 Å². The standard InChI is InChI=1S/C17H13BrClNO3/c1-22-12-3-4-13-10(9-23-16(13)8-12)6-17(21)20-15-5-2-11(18)7-14(15)19/h2-5,7-9H,6H2,1H3,(H,20,21). The summed E-state index contributed by atoms with van der Waals surface area (Å²) in [6, 6.07) is 10.8. The van der Waals surface area contributed by atoms with Crippen molar-refractivity contribution in [1.29, 1.82) is 0 Å². The van der Waals surface area contributed by atoms with Crippen molar-refractivity contribution in [2.45, 2.75) is 6.42 Å². The van der Waals surface area contributed by atoms with Crippen LogP contribution in [0.2, 0.25) is 5.02 Å². The van der Waals surface area contributed by atoms with Gasteiger partial charge in [0, 0.05) is 21.5 Å². The fraction of sp³-hybridized carbons (Fsp3) is 0.118. The van der Waals surface area contributed by atoms with Gasteiger partial charge in [-0.2, -0.15) is 0 Å². The van der Waals surface area contributed by atoms with E-state index >= 15 is 0 Å². The summed E-state index contributed by atoms with van der Waals surface area (Å²) in [5, 5.41) is 4.18. The number of carbonyl (C=O) groups is 1. The number of fused-ring (bicyclic) bond motifs is 1. The van der Waals surface area contributed by atoms with Gasteiger partial charge in [-0.3, -0.25) is 4.79 Å². The average Bonchev–Trinajstić information content (AvgIpc) is 2.92. The number of hydrogen-bond acceptors (Lipinski definition) is 3. The van der Waals surface area contributed by atoms with Gasteiger partial charge >= 0.3 is 0 Å². The van der Waals surface area contributed by atoms with E-state index in [4.69, 9.17) is 20.8 Å². The van der Waals surface area contributed by atoms with E-state index in [1.54, 1.807) is 31.6 Å². The number of hydrogen-bond donors (Lipinski definition) is 1. The van der Waals surface area contributed by atoms with Crippen LogP contribution in [0.1, 0.15) is 5.56 Å². The van der Waals surface area contributed by atoms with Gasteiger partial charge in [-0.1, -0.05) is 27.5 Å². The first-order chi connectivity index (χ1) is 11.1. The van der Waals surface area contributed by atoms with Crippen molar-refractivity contribution in [2.24, 2.45) is 0 Å². The zero-order valence-corrected chi connectivity index (χ0v) is 14.6. The normalized spacial score (nSPS) is 10.7. The summed E-state index contributed by atoms with van der Waals surface area (Å²) in [5.41, 5.74) is 2.08. The second-order valence-electron chi connectivity index (χ2n) is 4.97. The molecule has 0 fully saturated rings. The van der Waals surface area contributed by atoms with Crippen LogP contribution in [0.15, 0.2) is 51.6 Å². The minimum Gasteiger partial charge on any atom is -0.497 e. The van der Waals surface area contributed by atoms with Crippen LogP contribution in [-0.4, -0.2) is 13.0 Å². The Labute approximate surface area is 146 Å². The number of methoxy groups -OCH3 is 1. The molecule has 0 atom stereocenters. The van der Waals surface area contributed by atoms with Crippen molar-refractivity contribution >= 4 is 50.1 Å². The molecule has 1 heterocycles. The molecular weight excluding hydrogens is 382 g/mol. The predicted octanol–water partition coefficient (Wildman–Crippen LogP) is 5.04. The van der Waals surface area contributed by atoms with Crippen molar-refractivity contribution in [3.63, 3.8) is 0 Å². The van der Waals surface area contributed by atoms with Crippen LogP contribution < -0.4 is 10.1 Å². The monoisotopic (exact) mass is 393 g/mol. The molecule has 1 amide bonds. The molecule has 0 radical (unpaired) electrons. The Hall–Kier alpha value is -1.98. The van der Waals surface area contributed by atoms with Gasteiger partial charge in [0.1, 0.15) is 11.3 Å². The summed E-state index contributed by atoms with van der Waals surface area (Å²) < 4.78 is 11.5. The van der Waals surface area contributed by atoms with Gasteiger partial charge in [-0.15, -0.1) is 0 Å². The van der Waals surface area contributed by atoms with Crippen LogP contribution in [0.4, 0.5) is 5.69 Å². The third-order valence-electron chi connectivity index (χ3n) is 3.42. The number of benzene rings is 2. The Kier molecular flexibility index (Phi) is 4.59. The van der Waals surface area contributed by atoms with E-state index in [-0.39, 0.29) is 12.3 Å². The molecule has 4 nitrogen and oxygen atoms in total. The highest BCUT2D eigenvalue weighted by atomic mass is 79.9. The lowest BCUT2D eigenvalue weighted by atomic mass is 10.1. The Balaban J connectivity index is 1.77. The maximum absolute atomic E-state index is 12.2. The minimum absolute atomic E-state index is 0.159. The van der Waals surface area contributed by atoms with Crippen LogP contribution in [0, 0.1) is 0 Å². The molecule has 0 aliphatic heterocycles. The highest BCUT2D eigenvalue weighted by Crippen LogP contribution is 2.28. The number of nitrogens with one attached hydrogen (secondary N) is 1. The van der Waals surface area contributed by atoms with Gasteiger partial charge in [-0.25, -0.2) is 0 Å². The van der Waals surface area contributed by atoms with Crippen LogP contribution in [0.5, 0.6) is 5.75 Å². The lowest BCUT2D eigenvalue weighted by Gasteiger charge is -2.07. The van der Waals surface area contributed by atoms with E-state index in [0.29, 0.717) is 22.0 Å². The number of furan rings is 1. The molecule has 0 saturated heterocycles. The van der Waals surface area contributed by atoms with Crippen LogP contribution in [-0.2, 0) is 11.2 Å². The molecule has 0 aliphatic rings. The Morgan fingerprint density at radius 2 is 2.13 bits per heavy atom. The van der Waals surface area contributed by atoms with Crippen molar-refractivity contribution in [2.75, 3.05) is 12.4 Å². The number of carbonyl (C=O) groups excluding carboxylic acids is 1. The van der Waals surface area contributed by atoms with E-state index in [9.17, 15) is 4.79 Å². The Bertz CT molecular complexity index is 875. The molecule has 1 aromatic heterocycles. The topological polar surface area (TPSA) is 51.5 Å². The highest BCUT2D eigenvalue weighted by molar-refractivity contribution is 9.10. The molecule has 23 heavy (non-hydrogen) atoms. The fourth-order valence-corrected chi connectivity index (χ4v) is 3.01. The van der Waals surface area contributed by atoms with Crippen LogP contribution in [0.3, 0.4) is 0 Å². The quantitative estimate of drug-likeness (QED) is 0.674. The van der Waals surface area contributed by atoms with Crippen molar-refractivity contribution in [3.8, 4) is 5.75 Å². The molecule has 6 heteroatoms. The van der Waals surface area contributed by atoms with Crippen molar-refractivity contribution < 1.29 is 13.9 Å². The predicted molar refractivity (Wildman–Crippen MR) is 94.3 cm³/mol. The van der Waals surface area contributed by atoms with Crippen LogP contribution >= 0.6 is 27.5 Å². The summed E-state index contributed by atoms with van der Waals surface area (Å²) in [7, 11) is 1.60. The maximum Gasteiger partial charge on any atom is 0.228 e. The van der Waals surface area contributed by atoms with Crippen molar-refractivity contribution in [3.05, 3.63) is 57.7 Å². The maximum atomic E-state index is 12.2. The second-order valence-corrected chi connectivity index (χ2v) is 6.30. The molecular formula is C17H13BrClNO3. The van der Waals surface area contributed by atoms with Gasteiger partial charge < -0.3 is 14.5 Å². The summed E-state index contributed by atoms with van der Waals surface area (Å²) in [6.45, 7) is 0. The number of rotatable bonds is 4. The van der Waals surface area contributed by atoms with Gasteiger partial charge in [-0.05, 0) is 30.3 Å². The number of anilines is 1.